The molecule has 0 saturated heterocycles. The van der Waals surface area contributed by atoms with Crippen LogP contribution in [0.5, 0.6) is 0 Å². The zero-order valence-corrected chi connectivity index (χ0v) is 6.35. The van der Waals surface area contributed by atoms with Crippen molar-refractivity contribution >= 4 is 21.6 Å². The summed E-state index contributed by atoms with van der Waals surface area (Å²) in [7, 11) is 0. The van der Waals surface area contributed by atoms with Gasteiger partial charge in [-0.25, -0.2) is 4.98 Å². The molecule has 0 amide bonds. The number of hydrogen-bond donors (Lipinski definition) is 0. The van der Waals surface area contributed by atoms with Crippen LogP contribution in [0.2, 0.25) is 0 Å². The van der Waals surface area contributed by atoms with Gasteiger partial charge in [-0.1, -0.05) is 12.1 Å². The second-order valence-corrected chi connectivity index (χ2v) is 3.04. The summed E-state index contributed by atoms with van der Waals surface area (Å²) in [4.78, 5) is 4.03. The van der Waals surface area contributed by atoms with Crippen molar-refractivity contribution < 1.29 is 0 Å². The van der Waals surface area contributed by atoms with Crippen LogP contribution in [0.15, 0.2) is 18.2 Å². The highest BCUT2D eigenvalue weighted by molar-refractivity contribution is 7.19. The van der Waals surface area contributed by atoms with Crippen LogP contribution in [-0.2, 0) is 0 Å². The normalized spacial score (nSPS) is 9.73. The summed E-state index contributed by atoms with van der Waals surface area (Å²) in [6.07, 6.45) is 0. The summed E-state index contributed by atoms with van der Waals surface area (Å²) in [5, 5.41) is 9.02. The molecule has 2 aromatic rings. The average Bonchev–Trinajstić information content (AvgIpc) is 2.46. The maximum absolute atomic E-state index is 8.52. The fraction of sp³-hybridized carbons (Fsp3) is 0. The van der Waals surface area contributed by atoms with Gasteiger partial charge in [0.05, 0.1) is 10.2 Å². The first-order valence-electron chi connectivity index (χ1n) is 3.07. The molecule has 0 aliphatic heterocycles. The summed E-state index contributed by atoms with van der Waals surface area (Å²) in [6.45, 7) is 0. The number of para-hydroxylation sites is 1. The van der Waals surface area contributed by atoms with Crippen molar-refractivity contribution in [2.75, 3.05) is 0 Å². The third-order valence-corrected chi connectivity index (χ3v) is 2.24. The monoisotopic (exact) mass is 159 g/mol. The predicted octanol–water partition coefficient (Wildman–Crippen LogP) is 1.97. The molecule has 2 nitrogen and oxygen atoms in total. The Hall–Kier alpha value is -1.40. The quantitative estimate of drug-likeness (QED) is 0.589. The van der Waals surface area contributed by atoms with E-state index in [2.05, 4.69) is 11.1 Å². The molecule has 0 fully saturated rings. The largest absolute Gasteiger partial charge is 0.225 e. The molecule has 3 heteroatoms. The second-order valence-electron chi connectivity index (χ2n) is 2.01. The SMILES string of the molecule is N#Cc1nc2[c]cccc2s1. The van der Waals surface area contributed by atoms with Crippen molar-refractivity contribution in [1.29, 1.82) is 5.26 Å². The molecular weight excluding hydrogens is 156 g/mol. The van der Waals surface area contributed by atoms with Gasteiger partial charge in [-0.2, -0.15) is 5.26 Å². The standard InChI is InChI=1S/C8H3N2S/c9-5-8-10-6-3-1-2-4-7(6)11-8/h1-2,4H. The van der Waals surface area contributed by atoms with Crippen molar-refractivity contribution in [2.45, 2.75) is 0 Å². The molecule has 0 spiro atoms. The minimum atomic E-state index is 0.502. The van der Waals surface area contributed by atoms with Gasteiger partial charge in [0.15, 0.2) is 5.01 Å². The summed E-state index contributed by atoms with van der Waals surface area (Å²) < 4.78 is 1.02. The Morgan fingerprint density at radius 1 is 1.64 bits per heavy atom. The minimum absolute atomic E-state index is 0.502. The molecule has 1 radical (unpaired) electrons. The fourth-order valence-corrected chi connectivity index (χ4v) is 1.60. The average molecular weight is 159 g/mol. The Bertz CT molecular complexity index is 392. The molecule has 0 atom stereocenters. The van der Waals surface area contributed by atoms with Gasteiger partial charge in [0.25, 0.3) is 0 Å². The highest BCUT2D eigenvalue weighted by Crippen LogP contribution is 2.19. The van der Waals surface area contributed by atoms with Crippen LogP contribution in [0.4, 0.5) is 0 Å². The molecule has 2 rings (SSSR count). The van der Waals surface area contributed by atoms with E-state index in [-0.39, 0.29) is 0 Å². The fourth-order valence-electron chi connectivity index (χ4n) is 0.859. The molecule has 0 bridgehead atoms. The van der Waals surface area contributed by atoms with E-state index in [0.29, 0.717) is 5.01 Å². The van der Waals surface area contributed by atoms with Crippen molar-refractivity contribution in [2.24, 2.45) is 0 Å². The van der Waals surface area contributed by atoms with Gasteiger partial charge in [-0.3, -0.25) is 0 Å². The van der Waals surface area contributed by atoms with Crippen molar-refractivity contribution in [3.8, 4) is 6.07 Å². The number of hydrogen-bond acceptors (Lipinski definition) is 3. The summed E-state index contributed by atoms with van der Waals surface area (Å²) in [5.74, 6) is 0. The summed E-state index contributed by atoms with van der Waals surface area (Å²) in [6, 6.07) is 10.6. The molecule has 11 heavy (non-hydrogen) atoms. The van der Waals surface area contributed by atoms with Crippen LogP contribution in [-0.4, -0.2) is 4.98 Å². The van der Waals surface area contributed by atoms with E-state index < -0.39 is 0 Å². The molecule has 0 aliphatic rings. The number of fused-ring (bicyclic) bond motifs is 1. The minimum Gasteiger partial charge on any atom is -0.225 e. The number of nitrogens with zero attached hydrogens (tertiary/aromatic N) is 2. The molecule has 0 aliphatic carbocycles. The third-order valence-electron chi connectivity index (χ3n) is 1.31. The van der Waals surface area contributed by atoms with E-state index in [1.54, 1.807) is 6.07 Å². The Kier molecular flexibility index (Phi) is 1.34. The molecule has 0 unspecified atom stereocenters. The van der Waals surface area contributed by atoms with Crippen molar-refractivity contribution in [3.63, 3.8) is 0 Å². The zero-order valence-electron chi connectivity index (χ0n) is 5.53. The van der Waals surface area contributed by atoms with Crippen molar-refractivity contribution in [3.05, 3.63) is 29.3 Å². The Balaban J connectivity index is 2.81. The lowest BCUT2D eigenvalue weighted by Crippen LogP contribution is -1.67. The van der Waals surface area contributed by atoms with Gasteiger partial charge in [0, 0.05) is 6.07 Å². The predicted molar refractivity (Wildman–Crippen MR) is 43.2 cm³/mol. The van der Waals surface area contributed by atoms with Gasteiger partial charge in [0.1, 0.15) is 6.07 Å². The molecule has 51 valence electrons. The van der Waals surface area contributed by atoms with E-state index in [0.717, 1.165) is 10.2 Å². The van der Waals surface area contributed by atoms with Crippen molar-refractivity contribution in [1.82, 2.24) is 4.98 Å². The zero-order chi connectivity index (χ0) is 7.68. The third kappa shape index (κ3) is 0.975. The topological polar surface area (TPSA) is 36.7 Å². The molecule has 0 N–H and O–H groups in total. The first kappa shape index (κ1) is 6.32. The van der Waals surface area contributed by atoms with Crippen LogP contribution in [0.25, 0.3) is 10.2 Å². The van der Waals surface area contributed by atoms with Gasteiger partial charge in [-0.05, 0) is 6.07 Å². The molecule has 0 saturated carbocycles. The molecule has 1 heterocycles. The second kappa shape index (κ2) is 2.33. The van der Waals surface area contributed by atoms with Gasteiger partial charge in [0.2, 0.25) is 0 Å². The Morgan fingerprint density at radius 3 is 3.27 bits per heavy atom. The first-order valence-corrected chi connectivity index (χ1v) is 3.89. The van der Waals surface area contributed by atoms with Crippen LogP contribution in [0.3, 0.4) is 0 Å². The smallest absolute Gasteiger partial charge is 0.195 e. The summed E-state index contributed by atoms with van der Waals surface area (Å²) in [5.41, 5.74) is 0.786. The van der Waals surface area contributed by atoms with Crippen LogP contribution in [0.1, 0.15) is 5.01 Å². The lowest BCUT2D eigenvalue weighted by molar-refractivity contribution is 1.40. The number of nitriles is 1. The van der Waals surface area contributed by atoms with E-state index in [1.165, 1.54) is 11.3 Å². The maximum atomic E-state index is 8.52. The first-order chi connectivity index (χ1) is 5.40. The molecule has 1 aromatic heterocycles. The number of thiazole rings is 1. The molecular formula is C8H3N2S. The van der Waals surface area contributed by atoms with Gasteiger partial charge < -0.3 is 0 Å². The summed E-state index contributed by atoms with van der Waals surface area (Å²) >= 11 is 1.39. The Morgan fingerprint density at radius 2 is 2.55 bits per heavy atom. The van der Waals surface area contributed by atoms with Gasteiger partial charge >= 0.3 is 0 Å². The van der Waals surface area contributed by atoms with Crippen LogP contribution < -0.4 is 0 Å². The highest BCUT2D eigenvalue weighted by Gasteiger charge is 1.99. The van der Waals surface area contributed by atoms with E-state index in [4.69, 9.17) is 5.26 Å². The van der Waals surface area contributed by atoms with E-state index in [1.807, 2.05) is 18.2 Å². The maximum Gasteiger partial charge on any atom is 0.195 e. The Labute approximate surface area is 67.7 Å². The lowest BCUT2D eigenvalue weighted by Gasteiger charge is -1.79. The lowest BCUT2D eigenvalue weighted by atomic mass is 10.3. The number of rotatable bonds is 0. The van der Waals surface area contributed by atoms with Gasteiger partial charge in [-0.15, -0.1) is 11.3 Å². The van der Waals surface area contributed by atoms with Crippen LogP contribution >= 0.6 is 11.3 Å². The molecule has 1 aromatic carbocycles. The number of aromatic nitrogens is 1. The van der Waals surface area contributed by atoms with E-state index >= 15 is 0 Å². The van der Waals surface area contributed by atoms with Crippen LogP contribution in [0, 0.1) is 17.4 Å². The number of benzene rings is 1. The highest BCUT2D eigenvalue weighted by atomic mass is 32.1. The van der Waals surface area contributed by atoms with E-state index in [9.17, 15) is 0 Å².